The summed E-state index contributed by atoms with van der Waals surface area (Å²) in [5.41, 5.74) is 5.26. The van der Waals surface area contributed by atoms with Crippen molar-refractivity contribution in [1.82, 2.24) is 0 Å². The van der Waals surface area contributed by atoms with Crippen LogP contribution in [0.1, 0.15) is 30.1 Å². The van der Waals surface area contributed by atoms with Crippen LogP contribution in [0.25, 0.3) is 0 Å². The number of hydrogen-bond acceptors (Lipinski definition) is 5. The predicted octanol–water partition coefficient (Wildman–Crippen LogP) is 1.56. The third-order valence-corrected chi connectivity index (χ3v) is 3.01. The molecule has 1 unspecified atom stereocenters. The summed E-state index contributed by atoms with van der Waals surface area (Å²) in [6, 6.07) is 8.76. The van der Waals surface area contributed by atoms with Gasteiger partial charge in [0.15, 0.2) is 5.78 Å². The highest BCUT2D eigenvalue weighted by Gasteiger charge is 2.37. The lowest BCUT2D eigenvalue weighted by Crippen LogP contribution is -2.51. The fourth-order valence-electron chi connectivity index (χ4n) is 1.83. The van der Waals surface area contributed by atoms with Gasteiger partial charge in [-0.3, -0.25) is 9.59 Å². The molecule has 0 saturated heterocycles. The van der Waals surface area contributed by atoms with Crippen molar-refractivity contribution in [2.45, 2.75) is 25.3 Å². The number of esters is 1. The Morgan fingerprint density at radius 1 is 1.25 bits per heavy atom. The molecule has 0 saturated carbocycles. The van der Waals surface area contributed by atoms with E-state index in [1.54, 1.807) is 31.2 Å². The lowest BCUT2D eigenvalue weighted by atomic mass is 9.88. The van der Waals surface area contributed by atoms with Crippen molar-refractivity contribution < 1.29 is 19.1 Å². The third kappa shape index (κ3) is 4.43. The Kier molecular flexibility index (Phi) is 6.35. The first kappa shape index (κ1) is 16.3. The van der Waals surface area contributed by atoms with Gasteiger partial charge < -0.3 is 15.2 Å². The molecule has 0 aliphatic carbocycles. The highest BCUT2D eigenvalue weighted by molar-refractivity contribution is 6.00. The summed E-state index contributed by atoms with van der Waals surface area (Å²) in [4.78, 5) is 24.2. The molecule has 0 amide bonds. The summed E-state index contributed by atoms with van der Waals surface area (Å²) in [6.07, 6.45) is 0.139. The fraction of sp³-hybridized carbons (Fsp3) is 0.467. The van der Waals surface area contributed by atoms with Crippen molar-refractivity contribution in [2.24, 2.45) is 5.73 Å². The largest absolute Gasteiger partial charge is 0.465 e. The van der Waals surface area contributed by atoms with Gasteiger partial charge in [0, 0.05) is 25.7 Å². The molecule has 0 spiro atoms. The molecule has 20 heavy (non-hydrogen) atoms. The van der Waals surface area contributed by atoms with E-state index in [2.05, 4.69) is 0 Å². The summed E-state index contributed by atoms with van der Waals surface area (Å²) in [5.74, 6) is -0.751. The number of rotatable bonds is 8. The van der Waals surface area contributed by atoms with Crippen molar-refractivity contribution in [1.29, 1.82) is 0 Å². The van der Waals surface area contributed by atoms with Gasteiger partial charge in [0.25, 0.3) is 0 Å². The van der Waals surface area contributed by atoms with Crippen molar-refractivity contribution in [3.63, 3.8) is 0 Å². The van der Waals surface area contributed by atoms with Gasteiger partial charge in [-0.05, 0) is 13.3 Å². The monoisotopic (exact) mass is 279 g/mol. The first-order valence-corrected chi connectivity index (χ1v) is 6.57. The maximum Gasteiger partial charge on any atom is 0.326 e. The molecule has 5 nitrogen and oxygen atoms in total. The van der Waals surface area contributed by atoms with Crippen LogP contribution >= 0.6 is 0 Å². The normalized spacial score (nSPS) is 13.6. The summed E-state index contributed by atoms with van der Waals surface area (Å²) in [6.45, 7) is 2.22. The molecule has 0 heterocycles. The summed E-state index contributed by atoms with van der Waals surface area (Å²) < 4.78 is 9.92. The number of carbonyl (C=O) groups excluding carboxylic acids is 2. The first-order valence-electron chi connectivity index (χ1n) is 6.57. The smallest absolute Gasteiger partial charge is 0.326 e. The minimum Gasteiger partial charge on any atom is -0.465 e. The van der Waals surface area contributed by atoms with Crippen molar-refractivity contribution in [3.8, 4) is 0 Å². The third-order valence-electron chi connectivity index (χ3n) is 3.01. The van der Waals surface area contributed by atoms with Crippen LogP contribution < -0.4 is 5.73 Å². The number of ketones is 1. The van der Waals surface area contributed by atoms with Gasteiger partial charge in [0.2, 0.25) is 0 Å². The topological polar surface area (TPSA) is 78.6 Å². The maximum absolute atomic E-state index is 12.2. The summed E-state index contributed by atoms with van der Waals surface area (Å²) in [7, 11) is 1.52. The number of benzene rings is 1. The number of methoxy groups -OCH3 is 1. The Bertz CT molecular complexity index is 446. The van der Waals surface area contributed by atoms with Crippen LogP contribution in [0, 0.1) is 0 Å². The number of nitrogens with two attached hydrogens (primary N) is 1. The molecule has 1 aromatic rings. The van der Waals surface area contributed by atoms with Gasteiger partial charge in [-0.15, -0.1) is 0 Å². The molecule has 0 bridgehead atoms. The van der Waals surface area contributed by atoms with E-state index in [1.165, 1.54) is 7.11 Å². The van der Waals surface area contributed by atoms with Crippen LogP contribution in [0.3, 0.4) is 0 Å². The minimum atomic E-state index is -1.35. The highest BCUT2D eigenvalue weighted by atomic mass is 16.5. The molecule has 1 aromatic carbocycles. The number of carbonyl (C=O) groups is 2. The lowest BCUT2D eigenvalue weighted by molar-refractivity contribution is -0.150. The quantitative estimate of drug-likeness (QED) is 0.577. The van der Waals surface area contributed by atoms with Gasteiger partial charge in [0.05, 0.1) is 6.61 Å². The Balaban J connectivity index is 2.83. The molecule has 5 heteroatoms. The van der Waals surface area contributed by atoms with E-state index in [-0.39, 0.29) is 31.8 Å². The zero-order chi connectivity index (χ0) is 15.0. The van der Waals surface area contributed by atoms with Crippen LogP contribution in [0.2, 0.25) is 0 Å². The van der Waals surface area contributed by atoms with E-state index in [0.717, 1.165) is 0 Å². The van der Waals surface area contributed by atoms with Crippen molar-refractivity contribution in [2.75, 3.05) is 20.3 Å². The Morgan fingerprint density at radius 2 is 1.90 bits per heavy atom. The molecule has 110 valence electrons. The minimum absolute atomic E-state index is 0.0980. The number of Topliss-reactive ketones (excluding diaryl/α,β-unsaturated/α-hetero) is 1. The van der Waals surface area contributed by atoms with Crippen LogP contribution in [0.15, 0.2) is 30.3 Å². The number of ether oxygens (including phenoxy) is 2. The van der Waals surface area contributed by atoms with Gasteiger partial charge in [-0.2, -0.15) is 0 Å². The van der Waals surface area contributed by atoms with Gasteiger partial charge in [-0.1, -0.05) is 30.3 Å². The summed E-state index contributed by atoms with van der Waals surface area (Å²) in [5, 5.41) is 0. The zero-order valence-corrected chi connectivity index (χ0v) is 11.9. The Hall–Kier alpha value is -1.72. The average Bonchev–Trinajstić information content (AvgIpc) is 2.46. The second-order valence-corrected chi connectivity index (χ2v) is 4.59. The fourth-order valence-corrected chi connectivity index (χ4v) is 1.83. The van der Waals surface area contributed by atoms with E-state index in [9.17, 15) is 9.59 Å². The molecular weight excluding hydrogens is 258 g/mol. The first-order chi connectivity index (χ1) is 9.53. The molecular formula is C15H21NO4. The van der Waals surface area contributed by atoms with E-state index in [4.69, 9.17) is 15.2 Å². The molecule has 1 atom stereocenters. The standard InChI is InChI=1S/C15H21NO4/c1-3-20-14(18)15(16,9-10-19-2)11-13(17)12-7-5-4-6-8-12/h4-8H,3,9-11,16H2,1-2H3. The van der Waals surface area contributed by atoms with E-state index >= 15 is 0 Å². The van der Waals surface area contributed by atoms with Gasteiger partial charge >= 0.3 is 5.97 Å². The number of hydrogen-bond donors (Lipinski definition) is 1. The Morgan fingerprint density at radius 3 is 2.45 bits per heavy atom. The van der Waals surface area contributed by atoms with Crippen LogP contribution in [-0.4, -0.2) is 37.6 Å². The zero-order valence-electron chi connectivity index (χ0n) is 11.9. The van der Waals surface area contributed by atoms with Gasteiger partial charge in [0.1, 0.15) is 5.54 Å². The lowest BCUT2D eigenvalue weighted by Gasteiger charge is -2.26. The molecule has 0 radical (unpaired) electrons. The SMILES string of the molecule is CCOC(=O)C(N)(CCOC)CC(=O)c1ccccc1. The second kappa shape index (κ2) is 7.77. The predicted molar refractivity (Wildman–Crippen MR) is 75.4 cm³/mol. The van der Waals surface area contributed by atoms with Crippen LogP contribution in [-0.2, 0) is 14.3 Å². The molecule has 1 rings (SSSR count). The molecule has 0 aliphatic rings. The van der Waals surface area contributed by atoms with E-state index in [0.29, 0.717) is 5.56 Å². The molecule has 0 aromatic heterocycles. The van der Waals surface area contributed by atoms with E-state index < -0.39 is 11.5 Å². The van der Waals surface area contributed by atoms with Crippen LogP contribution in [0.4, 0.5) is 0 Å². The Labute approximate surface area is 119 Å². The highest BCUT2D eigenvalue weighted by Crippen LogP contribution is 2.18. The van der Waals surface area contributed by atoms with Crippen molar-refractivity contribution >= 4 is 11.8 Å². The molecule has 2 N–H and O–H groups in total. The van der Waals surface area contributed by atoms with Gasteiger partial charge in [-0.25, -0.2) is 0 Å². The van der Waals surface area contributed by atoms with Crippen molar-refractivity contribution in [3.05, 3.63) is 35.9 Å². The van der Waals surface area contributed by atoms with Crippen LogP contribution in [0.5, 0.6) is 0 Å². The molecule has 0 fully saturated rings. The molecule has 0 aliphatic heterocycles. The average molecular weight is 279 g/mol. The van der Waals surface area contributed by atoms with E-state index in [1.807, 2.05) is 6.07 Å². The maximum atomic E-state index is 12.2. The second-order valence-electron chi connectivity index (χ2n) is 4.59. The summed E-state index contributed by atoms with van der Waals surface area (Å²) >= 11 is 0.